The van der Waals surface area contributed by atoms with Crippen molar-refractivity contribution in [3.05, 3.63) is 42.1 Å². The number of nitrogens with zero attached hydrogens (tertiary/aromatic N) is 1. The van der Waals surface area contributed by atoms with Gasteiger partial charge in [0.15, 0.2) is 0 Å². The quantitative estimate of drug-likeness (QED) is 0.327. The lowest BCUT2D eigenvalue weighted by Gasteiger charge is -2.13. The number of unbranched alkanes of at least 4 members (excludes halogenated alkanes) is 2. The van der Waals surface area contributed by atoms with Gasteiger partial charge in [0.05, 0.1) is 4.90 Å². The number of hydrogen-bond donors (Lipinski definition) is 1. The first kappa shape index (κ1) is 22.1. The summed E-state index contributed by atoms with van der Waals surface area (Å²) in [7, 11) is 0. The van der Waals surface area contributed by atoms with Gasteiger partial charge in [0, 0.05) is 23.4 Å². The van der Waals surface area contributed by atoms with Crippen molar-refractivity contribution in [2.24, 2.45) is 0 Å². The smallest absolute Gasteiger partial charge is 0.303 e. The Balaban J connectivity index is 1.67. The molecule has 1 aromatic heterocycles. The van der Waals surface area contributed by atoms with Crippen LogP contribution in [-0.2, 0) is 4.79 Å². The van der Waals surface area contributed by atoms with E-state index in [1.807, 2.05) is 6.07 Å². The van der Waals surface area contributed by atoms with Crippen molar-refractivity contribution in [3.8, 4) is 11.1 Å². The number of thioether (sulfide) groups is 2. The summed E-state index contributed by atoms with van der Waals surface area (Å²) in [5, 5.41) is 9.98. The van der Waals surface area contributed by atoms with E-state index in [1.165, 1.54) is 25.0 Å². The Labute approximate surface area is 178 Å². The Kier molecular flexibility index (Phi) is 8.36. The molecule has 1 aliphatic carbocycles. The molecule has 29 heavy (non-hydrogen) atoms. The normalized spacial score (nSPS) is 14.4. The number of carboxylic acids is 1. The Morgan fingerprint density at radius 3 is 2.55 bits per heavy atom. The SMILES string of the molecule is O=C(O)CCCCCSc1c(F)cc(-c2cccnc2SC2CCCC2)cc1F. The molecule has 0 aliphatic heterocycles. The summed E-state index contributed by atoms with van der Waals surface area (Å²) in [6, 6.07) is 6.45. The van der Waals surface area contributed by atoms with E-state index in [0.29, 0.717) is 23.0 Å². The van der Waals surface area contributed by atoms with Crippen LogP contribution in [0.2, 0.25) is 0 Å². The number of hydrogen-bond acceptors (Lipinski definition) is 4. The minimum atomic E-state index is -0.814. The van der Waals surface area contributed by atoms with Gasteiger partial charge in [-0.05, 0) is 55.2 Å². The number of pyridine rings is 1. The van der Waals surface area contributed by atoms with E-state index in [-0.39, 0.29) is 11.3 Å². The van der Waals surface area contributed by atoms with Gasteiger partial charge in [0.1, 0.15) is 16.7 Å². The van der Waals surface area contributed by atoms with Crippen LogP contribution in [0.1, 0.15) is 51.4 Å². The fourth-order valence-electron chi connectivity index (χ4n) is 3.45. The van der Waals surface area contributed by atoms with Crippen LogP contribution in [0.4, 0.5) is 8.78 Å². The highest BCUT2D eigenvalue weighted by Gasteiger charge is 2.20. The highest BCUT2D eigenvalue weighted by molar-refractivity contribution is 8.00. The molecule has 0 bridgehead atoms. The summed E-state index contributed by atoms with van der Waals surface area (Å²) in [5.41, 5.74) is 1.28. The summed E-state index contributed by atoms with van der Waals surface area (Å²) in [5.74, 6) is -1.37. The molecule has 0 radical (unpaired) electrons. The molecule has 1 heterocycles. The summed E-state index contributed by atoms with van der Waals surface area (Å²) in [6.45, 7) is 0. The van der Waals surface area contributed by atoms with E-state index in [0.717, 1.165) is 48.0 Å². The molecule has 1 saturated carbocycles. The zero-order valence-electron chi connectivity index (χ0n) is 16.2. The first-order chi connectivity index (χ1) is 14.0. The molecule has 0 spiro atoms. The van der Waals surface area contributed by atoms with Crippen LogP contribution in [0.15, 0.2) is 40.4 Å². The van der Waals surface area contributed by atoms with Gasteiger partial charge in [-0.15, -0.1) is 23.5 Å². The van der Waals surface area contributed by atoms with Crippen LogP contribution < -0.4 is 0 Å². The van der Waals surface area contributed by atoms with E-state index in [4.69, 9.17) is 5.11 Å². The molecule has 0 unspecified atom stereocenters. The number of halogens is 2. The summed E-state index contributed by atoms with van der Waals surface area (Å²) < 4.78 is 29.3. The standard InChI is InChI=1S/C22H25F2NO2S2/c23-18-13-15(14-19(24)21(18)28-12-5-1-2-10-20(26)27)17-9-6-11-25-22(17)29-16-7-3-4-8-16/h6,9,11,13-14,16H,1-5,7-8,10,12H2,(H,26,27). The Morgan fingerprint density at radius 2 is 1.86 bits per heavy atom. The van der Waals surface area contributed by atoms with E-state index in [2.05, 4.69) is 4.98 Å². The van der Waals surface area contributed by atoms with Crippen LogP contribution in [0.25, 0.3) is 11.1 Å². The minimum Gasteiger partial charge on any atom is -0.481 e. The summed E-state index contributed by atoms with van der Waals surface area (Å²) in [6.07, 6.45) is 8.67. The molecule has 1 aliphatic rings. The average Bonchev–Trinajstić information content (AvgIpc) is 3.19. The number of benzene rings is 1. The lowest BCUT2D eigenvalue weighted by molar-refractivity contribution is -0.137. The minimum absolute atomic E-state index is 0.0286. The molecule has 7 heteroatoms. The largest absolute Gasteiger partial charge is 0.481 e. The van der Waals surface area contributed by atoms with Crippen molar-refractivity contribution in [3.63, 3.8) is 0 Å². The van der Waals surface area contributed by atoms with Gasteiger partial charge < -0.3 is 5.11 Å². The monoisotopic (exact) mass is 437 g/mol. The third-order valence-corrected chi connectivity index (χ3v) is 7.47. The molecule has 3 nitrogen and oxygen atoms in total. The molecule has 0 saturated heterocycles. The van der Waals surface area contributed by atoms with Crippen molar-refractivity contribution in [2.75, 3.05) is 5.75 Å². The van der Waals surface area contributed by atoms with E-state index in [1.54, 1.807) is 24.0 Å². The van der Waals surface area contributed by atoms with E-state index in [9.17, 15) is 13.6 Å². The van der Waals surface area contributed by atoms with Gasteiger partial charge in [0.25, 0.3) is 0 Å². The zero-order valence-corrected chi connectivity index (χ0v) is 17.8. The van der Waals surface area contributed by atoms with Crippen LogP contribution in [-0.4, -0.2) is 27.1 Å². The topological polar surface area (TPSA) is 50.2 Å². The van der Waals surface area contributed by atoms with Gasteiger partial charge in [-0.1, -0.05) is 25.3 Å². The Bertz CT molecular complexity index is 818. The number of carbonyl (C=O) groups is 1. The summed E-state index contributed by atoms with van der Waals surface area (Å²) >= 11 is 2.86. The number of aromatic nitrogens is 1. The molecule has 2 aromatic rings. The highest BCUT2D eigenvalue weighted by atomic mass is 32.2. The van der Waals surface area contributed by atoms with Crippen molar-refractivity contribution in [2.45, 2.75) is 66.5 Å². The van der Waals surface area contributed by atoms with Gasteiger partial charge in [-0.3, -0.25) is 4.79 Å². The van der Waals surface area contributed by atoms with Gasteiger partial charge >= 0.3 is 5.97 Å². The molecule has 0 atom stereocenters. The predicted octanol–water partition coefficient (Wildman–Crippen LogP) is 6.80. The predicted molar refractivity (Wildman–Crippen MR) is 115 cm³/mol. The maximum Gasteiger partial charge on any atom is 0.303 e. The van der Waals surface area contributed by atoms with E-state index >= 15 is 0 Å². The molecule has 1 aromatic carbocycles. The Hall–Kier alpha value is -1.60. The second-order valence-electron chi connectivity index (χ2n) is 7.20. The van der Waals surface area contributed by atoms with Crippen LogP contribution in [0.5, 0.6) is 0 Å². The molecule has 3 rings (SSSR count). The van der Waals surface area contributed by atoms with Crippen molar-refractivity contribution >= 4 is 29.5 Å². The number of carboxylic acid groups (broad SMARTS) is 1. The first-order valence-electron chi connectivity index (χ1n) is 10.0. The van der Waals surface area contributed by atoms with Crippen LogP contribution >= 0.6 is 23.5 Å². The molecular formula is C22H25F2NO2S2. The maximum absolute atomic E-state index is 14.6. The second kappa shape index (κ2) is 11.0. The molecule has 156 valence electrons. The third-order valence-electron chi connectivity index (χ3n) is 4.94. The third kappa shape index (κ3) is 6.44. The molecule has 0 amide bonds. The van der Waals surface area contributed by atoms with Gasteiger partial charge in [-0.2, -0.15) is 0 Å². The fourth-order valence-corrected chi connectivity index (χ4v) is 5.72. The molecule has 1 fully saturated rings. The van der Waals surface area contributed by atoms with Crippen LogP contribution in [0, 0.1) is 11.6 Å². The molecular weight excluding hydrogens is 412 g/mol. The number of rotatable bonds is 10. The Morgan fingerprint density at radius 1 is 1.14 bits per heavy atom. The van der Waals surface area contributed by atoms with Crippen LogP contribution in [0.3, 0.4) is 0 Å². The fraction of sp³-hybridized carbons (Fsp3) is 0.455. The van der Waals surface area contributed by atoms with Gasteiger partial charge in [0.2, 0.25) is 0 Å². The van der Waals surface area contributed by atoms with E-state index < -0.39 is 17.6 Å². The van der Waals surface area contributed by atoms with Crippen molar-refractivity contribution in [1.82, 2.24) is 4.98 Å². The molecule has 1 N–H and O–H groups in total. The lowest BCUT2D eigenvalue weighted by Crippen LogP contribution is -1.98. The first-order valence-corrected chi connectivity index (χ1v) is 11.9. The van der Waals surface area contributed by atoms with Gasteiger partial charge in [-0.25, -0.2) is 13.8 Å². The van der Waals surface area contributed by atoms with Crippen molar-refractivity contribution < 1.29 is 18.7 Å². The van der Waals surface area contributed by atoms with Crippen molar-refractivity contribution in [1.29, 1.82) is 0 Å². The average molecular weight is 438 g/mol. The second-order valence-corrected chi connectivity index (χ2v) is 9.60. The highest BCUT2D eigenvalue weighted by Crippen LogP contribution is 2.39. The zero-order chi connectivity index (χ0) is 20.6. The lowest BCUT2D eigenvalue weighted by atomic mass is 10.1. The number of aliphatic carboxylic acids is 1. The maximum atomic E-state index is 14.6. The summed E-state index contributed by atoms with van der Waals surface area (Å²) in [4.78, 5) is 15.0.